The minimum absolute atomic E-state index is 0.165. The van der Waals surface area contributed by atoms with Gasteiger partial charge in [-0.2, -0.15) is 5.26 Å². The summed E-state index contributed by atoms with van der Waals surface area (Å²) >= 11 is 3.38. The Hall–Kier alpha value is -2.56. The highest BCUT2D eigenvalue weighted by Gasteiger charge is 2.14. The highest BCUT2D eigenvalue weighted by atomic mass is 79.9. The van der Waals surface area contributed by atoms with Crippen LogP contribution in [-0.4, -0.2) is 43.7 Å². The van der Waals surface area contributed by atoms with E-state index < -0.39 is 0 Å². The molecule has 158 valence electrons. The summed E-state index contributed by atoms with van der Waals surface area (Å²) in [6.07, 6.45) is 3.63. The number of nitrogens with one attached hydrogen (secondary N) is 1. The van der Waals surface area contributed by atoms with E-state index in [1.165, 1.54) is 31.5 Å². The molecule has 1 aliphatic heterocycles. The zero-order valence-corrected chi connectivity index (χ0v) is 18.7. The lowest BCUT2D eigenvalue weighted by atomic mass is 10.1. The van der Waals surface area contributed by atoms with E-state index in [4.69, 9.17) is 14.7 Å². The standard InChI is InChI=1S/C23H26BrN3O3/c1-2-29-21-14-18(15-25)13-20(24)23(21)30-16-22(28)26-19-7-5-17(6-8-19)9-12-27-10-3-4-11-27/h5-8,13-14H,2-4,9-12,16H2,1H3,(H,26,28). The van der Waals surface area contributed by atoms with Gasteiger partial charge in [-0.3, -0.25) is 4.79 Å². The van der Waals surface area contributed by atoms with Crippen LogP contribution in [-0.2, 0) is 11.2 Å². The number of amides is 1. The van der Waals surface area contributed by atoms with Crippen molar-refractivity contribution in [2.45, 2.75) is 26.2 Å². The van der Waals surface area contributed by atoms with Crippen LogP contribution in [0.15, 0.2) is 40.9 Å². The van der Waals surface area contributed by atoms with Gasteiger partial charge in [0.15, 0.2) is 18.1 Å². The van der Waals surface area contributed by atoms with Gasteiger partial charge in [-0.15, -0.1) is 0 Å². The molecule has 0 spiro atoms. The number of likely N-dealkylation sites (tertiary alicyclic amines) is 1. The van der Waals surface area contributed by atoms with Crippen molar-refractivity contribution >= 4 is 27.5 Å². The normalized spacial score (nSPS) is 13.6. The van der Waals surface area contributed by atoms with Crippen molar-refractivity contribution < 1.29 is 14.3 Å². The third kappa shape index (κ3) is 6.22. The molecule has 1 aliphatic rings. The van der Waals surface area contributed by atoms with Gasteiger partial charge in [-0.1, -0.05) is 12.1 Å². The van der Waals surface area contributed by atoms with Crippen LogP contribution >= 0.6 is 15.9 Å². The average Bonchev–Trinajstić information content (AvgIpc) is 3.26. The summed E-state index contributed by atoms with van der Waals surface area (Å²) < 4.78 is 11.8. The predicted octanol–water partition coefficient (Wildman–Crippen LogP) is 4.38. The van der Waals surface area contributed by atoms with Gasteiger partial charge in [-0.05, 0) is 79.0 Å². The largest absolute Gasteiger partial charge is 0.490 e. The smallest absolute Gasteiger partial charge is 0.262 e. The molecule has 3 rings (SSSR count). The number of nitrogens with zero attached hydrogens (tertiary/aromatic N) is 2. The zero-order chi connectivity index (χ0) is 21.3. The maximum absolute atomic E-state index is 12.3. The average molecular weight is 472 g/mol. The molecule has 0 unspecified atom stereocenters. The van der Waals surface area contributed by atoms with Crippen molar-refractivity contribution in [3.8, 4) is 17.6 Å². The quantitative estimate of drug-likeness (QED) is 0.587. The Morgan fingerprint density at radius 3 is 2.60 bits per heavy atom. The lowest BCUT2D eigenvalue weighted by molar-refractivity contribution is -0.118. The number of carbonyl (C=O) groups is 1. The van der Waals surface area contributed by atoms with Crippen molar-refractivity contribution in [3.63, 3.8) is 0 Å². The van der Waals surface area contributed by atoms with E-state index >= 15 is 0 Å². The SMILES string of the molecule is CCOc1cc(C#N)cc(Br)c1OCC(=O)Nc1ccc(CCN2CCCC2)cc1. The summed E-state index contributed by atoms with van der Waals surface area (Å²) in [5.74, 6) is 0.570. The van der Waals surface area contributed by atoms with E-state index in [2.05, 4.69) is 44.3 Å². The van der Waals surface area contributed by atoms with E-state index in [-0.39, 0.29) is 12.5 Å². The van der Waals surface area contributed by atoms with Crippen LogP contribution in [0.25, 0.3) is 0 Å². The Morgan fingerprint density at radius 2 is 1.93 bits per heavy atom. The highest BCUT2D eigenvalue weighted by molar-refractivity contribution is 9.10. The first-order valence-corrected chi connectivity index (χ1v) is 11.0. The second-order valence-electron chi connectivity index (χ2n) is 7.16. The molecule has 0 bridgehead atoms. The maximum atomic E-state index is 12.3. The molecule has 0 saturated carbocycles. The predicted molar refractivity (Wildman–Crippen MR) is 120 cm³/mol. The monoisotopic (exact) mass is 471 g/mol. The van der Waals surface area contributed by atoms with Gasteiger partial charge in [0.1, 0.15) is 0 Å². The van der Waals surface area contributed by atoms with E-state index in [0.29, 0.717) is 28.1 Å². The topological polar surface area (TPSA) is 74.6 Å². The molecule has 0 aromatic heterocycles. The summed E-state index contributed by atoms with van der Waals surface area (Å²) in [6, 6.07) is 13.2. The number of hydrogen-bond donors (Lipinski definition) is 1. The van der Waals surface area contributed by atoms with Crippen LogP contribution in [0, 0.1) is 11.3 Å². The van der Waals surface area contributed by atoms with Crippen LogP contribution in [0.1, 0.15) is 30.9 Å². The molecule has 30 heavy (non-hydrogen) atoms. The molecule has 2 aromatic rings. The van der Waals surface area contributed by atoms with Crippen molar-refractivity contribution in [1.82, 2.24) is 4.90 Å². The number of rotatable bonds is 9. The summed E-state index contributed by atoms with van der Waals surface area (Å²) in [4.78, 5) is 14.8. The van der Waals surface area contributed by atoms with Crippen molar-refractivity contribution in [2.75, 3.05) is 38.2 Å². The first-order valence-electron chi connectivity index (χ1n) is 10.2. The molecule has 0 radical (unpaired) electrons. The molecule has 7 heteroatoms. The second-order valence-corrected chi connectivity index (χ2v) is 8.02. The second kappa shape index (κ2) is 11.0. The van der Waals surface area contributed by atoms with Crippen LogP contribution in [0.4, 0.5) is 5.69 Å². The molecule has 1 heterocycles. The molecule has 1 N–H and O–H groups in total. The molecule has 0 atom stereocenters. The van der Waals surface area contributed by atoms with E-state index in [1.807, 2.05) is 19.1 Å². The van der Waals surface area contributed by atoms with E-state index in [9.17, 15) is 4.79 Å². The van der Waals surface area contributed by atoms with Crippen LogP contribution in [0.3, 0.4) is 0 Å². The van der Waals surface area contributed by atoms with Gasteiger partial charge in [0.2, 0.25) is 0 Å². The van der Waals surface area contributed by atoms with Crippen LogP contribution in [0.5, 0.6) is 11.5 Å². The molecule has 6 nitrogen and oxygen atoms in total. The minimum Gasteiger partial charge on any atom is -0.490 e. The summed E-state index contributed by atoms with van der Waals surface area (Å²) in [5, 5.41) is 11.9. The van der Waals surface area contributed by atoms with Crippen LogP contribution < -0.4 is 14.8 Å². The Bertz CT molecular complexity index is 903. The molecular formula is C23H26BrN3O3. The van der Waals surface area contributed by atoms with Gasteiger partial charge in [-0.25, -0.2) is 0 Å². The fourth-order valence-corrected chi connectivity index (χ4v) is 3.98. The van der Waals surface area contributed by atoms with E-state index in [0.717, 1.165) is 18.7 Å². The molecule has 1 saturated heterocycles. The first kappa shape index (κ1) is 22.1. The lowest BCUT2D eigenvalue weighted by Gasteiger charge is -2.15. The van der Waals surface area contributed by atoms with Gasteiger partial charge in [0.05, 0.1) is 22.7 Å². The summed E-state index contributed by atoms with van der Waals surface area (Å²) in [7, 11) is 0. The zero-order valence-electron chi connectivity index (χ0n) is 17.1. The summed E-state index contributed by atoms with van der Waals surface area (Å²) in [5.41, 5.74) is 2.45. The molecule has 1 fully saturated rings. The molecule has 0 aliphatic carbocycles. The Labute approximate surface area is 185 Å². The minimum atomic E-state index is -0.265. The number of benzene rings is 2. The van der Waals surface area contributed by atoms with Gasteiger partial charge < -0.3 is 19.7 Å². The van der Waals surface area contributed by atoms with Crippen molar-refractivity contribution in [2.24, 2.45) is 0 Å². The number of carbonyl (C=O) groups excluding carboxylic acids is 1. The van der Waals surface area contributed by atoms with Crippen molar-refractivity contribution in [1.29, 1.82) is 5.26 Å². The molecule has 2 aromatic carbocycles. The van der Waals surface area contributed by atoms with Gasteiger partial charge in [0, 0.05) is 18.3 Å². The Balaban J connectivity index is 1.52. The first-order chi connectivity index (χ1) is 14.6. The number of nitriles is 1. The Morgan fingerprint density at radius 1 is 1.20 bits per heavy atom. The van der Waals surface area contributed by atoms with Crippen LogP contribution in [0.2, 0.25) is 0 Å². The lowest BCUT2D eigenvalue weighted by Crippen LogP contribution is -2.22. The third-order valence-corrected chi connectivity index (χ3v) is 5.53. The number of ether oxygens (including phenoxy) is 2. The van der Waals surface area contributed by atoms with Gasteiger partial charge in [0.25, 0.3) is 5.91 Å². The molecule has 1 amide bonds. The number of anilines is 1. The highest BCUT2D eigenvalue weighted by Crippen LogP contribution is 2.36. The third-order valence-electron chi connectivity index (χ3n) is 4.94. The van der Waals surface area contributed by atoms with Crippen molar-refractivity contribution in [3.05, 3.63) is 52.0 Å². The van der Waals surface area contributed by atoms with Gasteiger partial charge >= 0.3 is 0 Å². The van der Waals surface area contributed by atoms with E-state index in [1.54, 1.807) is 12.1 Å². The fraction of sp³-hybridized carbons (Fsp3) is 0.391. The Kier molecular flexibility index (Phi) is 8.12. The molecular weight excluding hydrogens is 446 g/mol. The fourth-order valence-electron chi connectivity index (χ4n) is 3.42. The number of hydrogen-bond acceptors (Lipinski definition) is 5. The number of halogens is 1. The maximum Gasteiger partial charge on any atom is 0.262 e. The summed E-state index contributed by atoms with van der Waals surface area (Å²) in [6.45, 7) is 5.59.